The maximum atomic E-state index is 12.7. The molecule has 2 aliphatic rings. The van der Waals surface area contributed by atoms with E-state index >= 15 is 0 Å². The lowest BCUT2D eigenvalue weighted by molar-refractivity contribution is -0.129. The molecule has 0 aromatic heterocycles. The number of carbonyl (C=O) groups is 1. The Hall–Kier alpha value is -1.48. The number of carbonyl (C=O) groups excluding carboxylic acids is 1. The lowest BCUT2D eigenvalue weighted by Crippen LogP contribution is -2.50. The molecule has 2 saturated heterocycles. The van der Waals surface area contributed by atoms with Crippen LogP contribution in [0.5, 0.6) is 0 Å². The fourth-order valence-electron chi connectivity index (χ4n) is 4.20. The first-order valence-corrected chi connectivity index (χ1v) is 11.7. The van der Waals surface area contributed by atoms with Crippen molar-refractivity contribution in [3.8, 4) is 0 Å². The zero-order valence-electron chi connectivity index (χ0n) is 16.3. The molecule has 1 aromatic carbocycles. The van der Waals surface area contributed by atoms with Crippen LogP contribution in [0, 0.1) is 11.8 Å². The van der Waals surface area contributed by atoms with Gasteiger partial charge in [-0.1, -0.05) is 30.3 Å². The molecule has 1 amide bonds. The van der Waals surface area contributed by atoms with Crippen LogP contribution >= 0.6 is 0 Å². The van der Waals surface area contributed by atoms with Crippen molar-refractivity contribution < 1.29 is 23.1 Å². The third-order valence-corrected chi connectivity index (χ3v) is 7.30. The highest BCUT2D eigenvalue weighted by Crippen LogP contribution is 2.36. The Morgan fingerprint density at radius 2 is 1.79 bits per heavy atom. The van der Waals surface area contributed by atoms with Crippen LogP contribution in [0.25, 0.3) is 0 Å². The minimum atomic E-state index is -3.21. The Morgan fingerprint density at radius 3 is 2.36 bits per heavy atom. The molecule has 0 radical (unpaired) electrons. The monoisotopic (exact) mass is 410 g/mol. The van der Waals surface area contributed by atoms with Crippen LogP contribution in [-0.2, 0) is 25.2 Å². The molecule has 7 nitrogen and oxygen atoms in total. The van der Waals surface area contributed by atoms with Gasteiger partial charge in [0.15, 0.2) is 0 Å². The lowest BCUT2D eigenvalue weighted by atomic mass is 9.77. The summed E-state index contributed by atoms with van der Waals surface area (Å²) in [5.41, 5.74) is -0.345. The Bertz CT molecular complexity index is 756. The summed E-state index contributed by atoms with van der Waals surface area (Å²) in [4.78, 5) is 12.7. The normalized spacial score (nSPS) is 22.5. The van der Waals surface area contributed by atoms with Crippen LogP contribution in [0.2, 0.25) is 0 Å². The molecule has 156 valence electrons. The SMILES string of the molecule is CS(=O)(=O)N1CCC(C(=O)NCC(O)(c2ccccc2)C2CCOCC2)CC1. The van der Waals surface area contributed by atoms with Gasteiger partial charge in [0.2, 0.25) is 15.9 Å². The number of piperidine rings is 1. The Labute approximate surface area is 167 Å². The van der Waals surface area contributed by atoms with E-state index in [9.17, 15) is 18.3 Å². The second-order valence-corrected chi connectivity index (χ2v) is 9.81. The number of sulfonamides is 1. The highest BCUT2D eigenvalue weighted by atomic mass is 32.2. The van der Waals surface area contributed by atoms with Gasteiger partial charge in [0, 0.05) is 32.2 Å². The predicted molar refractivity (Wildman–Crippen MR) is 106 cm³/mol. The number of nitrogens with one attached hydrogen (secondary N) is 1. The Kier molecular flexibility index (Phi) is 6.75. The Morgan fingerprint density at radius 1 is 1.18 bits per heavy atom. The standard InChI is InChI=1S/C20H30N2O5S/c1-28(25,26)22-11-7-16(8-12-22)19(23)21-15-20(24,17-5-3-2-4-6-17)18-9-13-27-14-10-18/h2-6,16,18,24H,7-15H2,1H3,(H,21,23). The molecule has 0 aliphatic carbocycles. The van der Waals surface area contributed by atoms with Gasteiger partial charge in [0.05, 0.1) is 12.8 Å². The van der Waals surface area contributed by atoms with Gasteiger partial charge in [0.25, 0.3) is 0 Å². The van der Waals surface area contributed by atoms with Gasteiger partial charge in [-0.3, -0.25) is 4.79 Å². The molecule has 1 unspecified atom stereocenters. The van der Waals surface area contributed by atoms with Crippen LogP contribution in [0.1, 0.15) is 31.2 Å². The van der Waals surface area contributed by atoms with E-state index in [1.165, 1.54) is 10.6 Å². The third kappa shape index (κ3) is 4.92. The number of hydrogen-bond acceptors (Lipinski definition) is 5. The van der Waals surface area contributed by atoms with Gasteiger partial charge in [-0.2, -0.15) is 0 Å². The number of rotatable bonds is 6. The average molecular weight is 411 g/mol. The summed E-state index contributed by atoms with van der Waals surface area (Å²) in [6.45, 7) is 2.09. The number of amides is 1. The van der Waals surface area contributed by atoms with Crippen molar-refractivity contribution >= 4 is 15.9 Å². The van der Waals surface area contributed by atoms with E-state index in [2.05, 4.69) is 5.32 Å². The van der Waals surface area contributed by atoms with E-state index in [1.54, 1.807) is 0 Å². The second-order valence-electron chi connectivity index (χ2n) is 7.83. The second kappa shape index (κ2) is 8.90. The van der Waals surface area contributed by atoms with Gasteiger partial charge in [-0.15, -0.1) is 0 Å². The van der Waals surface area contributed by atoms with Gasteiger partial charge in [0.1, 0.15) is 5.60 Å². The number of benzene rings is 1. The predicted octanol–water partition coefficient (Wildman–Crippen LogP) is 1.09. The summed E-state index contributed by atoms with van der Waals surface area (Å²) in [5.74, 6) is -0.335. The van der Waals surface area contributed by atoms with E-state index in [4.69, 9.17) is 4.74 Å². The molecule has 2 N–H and O–H groups in total. The topological polar surface area (TPSA) is 95.9 Å². The van der Waals surface area contributed by atoms with Crippen LogP contribution in [0.3, 0.4) is 0 Å². The van der Waals surface area contributed by atoms with Crippen LogP contribution in [-0.4, -0.2) is 62.8 Å². The summed E-state index contributed by atoms with van der Waals surface area (Å²) < 4.78 is 30.1. The fraction of sp³-hybridized carbons (Fsp3) is 0.650. The number of hydrogen-bond donors (Lipinski definition) is 2. The van der Waals surface area contributed by atoms with E-state index in [1.807, 2.05) is 30.3 Å². The molecule has 0 saturated carbocycles. The molecule has 8 heteroatoms. The molecule has 1 atom stereocenters. The summed E-state index contributed by atoms with van der Waals surface area (Å²) in [6.07, 6.45) is 3.68. The van der Waals surface area contributed by atoms with Gasteiger partial charge in [-0.05, 0) is 37.2 Å². The molecule has 2 aliphatic heterocycles. The van der Waals surface area contributed by atoms with Crippen molar-refractivity contribution in [1.82, 2.24) is 9.62 Å². The number of ether oxygens (including phenoxy) is 1. The van der Waals surface area contributed by atoms with Gasteiger partial charge >= 0.3 is 0 Å². The highest BCUT2D eigenvalue weighted by Gasteiger charge is 2.40. The fourth-order valence-corrected chi connectivity index (χ4v) is 5.07. The van der Waals surface area contributed by atoms with Crippen LogP contribution in [0.4, 0.5) is 0 Å². The Balaban J connectivity index is 1.64. The average Bonchev–Trinajstić information content (AvgIpc) is 2.72. The lowest BCUT2D eigenvalue weighted by Gasteiger charge is -2.39. The largest absolute Gasteiger partial charge is 0.383 e. The highest BCUT2D eigenvalue weighted by molar-refractivity contribution is 7.88. The summed E-state index contributed by atoms with van der Waals surface area (Å²) in [5, 5.41) is 14.5. The first-order chi connectivity index (χ1) is 13.3. The molecule has 2 heterocycles. The third-order valence-electron chi connectivity index (χ3n) is 6.00. The van der Waals surface area contributed by atoms with Crippen molar-refractivity contribution in [3.63, 3.8) is 0 Å². The minimum absolute atomic E-state index is 0.0102. The van der Waals surface area contributed by atoms with E-state index < -0.39 is 15.6 Å². The van der Waals surface area contributed by atoms with E-state index in [-0.39, 0.29) is 24.3 Å². The van der Waals surface area contributed by atoms with Gasteiger partial charge in [-0.25, -0.2) is 12.7 Å². The molecule has 2 fully saturated rings. The molecule has 0 spiro atoms. The maximum absolute atomic E-state index is 12.7. The zero-order chi connectivity index (χ0) is 20.2. The number of aliphatic hydroxyl groups is 1. The van der Waals surface area contributed by atoms with Crippen molar-refractivity contribution in [2.75, 3.05) is 39.1 Å². The smallest absolute Gasteiger partial charge is 0.223 e. The molecular weight excluding hydrogens is 380 g/mol. The van der Waals surface area contributed by atoms with E-state index in [0.717, 1.165) is 18.4 Å². The summed E-state index contributed by atoms with van der Waals surface area (Å²) >= 11 is 0. The number of nitrogens with zero attached hydrogens (tertiary/aromatic N) is 1. The quantitative estimate of drug-likeness (QED) is 0.732. The maximum Gasteiger partial charge on any atom is 0.223 e. The molecule has 28 heavy (non-hydrogen) atoms. The van der Waals surface area contributed by atoms with Gasteiger partial charge < -0.3 is 15.2 Å². The zero-order valence-corrected chi connectivity index (χ0v) is 17.2. The summed E-state index contributed by atoms with van der Waals surface area (Å²) in [7, 11) is -3.21. The minimum Gasteiger partial charge on any atom is -0.383 e. The van der Waals surface area contributed by atoms with Crippen LogP contribution < -0.4 is 5.32 Å². The first-order valence-electron chi connectivity index (χ1n) is 9.89. The van der Waals surface area contributed by atoms with Crippen LogP contribution in [0.15, 0.2) is 30.3 Å². The van der Waals surface area contributed by atoms with Crippen molar-refractivity contribution in [2.24, 2.45) is 11.8 Å². The first kappa shape index (κ1) is 21.2. The molecule has 0 bridgehead atoms. The molecule has 3 rings (SSSR count). The van der Waals surface area contributed by atoms with Crippen molar-refractivity contribution in [3.05, 3.63) is 35.9 Å². The van der Waals surface area contributed by atoms with Crippen molar-refractivity contribution in [1.29, 1.82) is 0 Å². The molecule has 1 aromatic rings. The van der Waals surface area contributed by atoms with Crippen molar-refractivity contribution in [2.45, 2.75) is 31.3 Å². The van der Waals surface area contributed by atoms with E-state index in [0.29, 0.717) is 39.1 Å². The summed E-state index contributed by atoms with van der Waals surface area (Å²) in [6, 6.07) is 9.48. The molecular formula is C20H30N2O5S.